The van der Waals surface area contributed by atoms with Crippen LogP contribution in [-0.4, -0.2) is 42.0 Å². The first-order valence-electron chi connectivity index (χ1n) is 8.57. The van der Waals surface area contributed by atoms with Crippen molar-refractivity contribution in [3.05, 3.63) is 28.1 Å². The number of nitro benzene ring substituents is 1. The fourth-order valence-electron chi connectivity index (χ4n) is 3.70. The van der Waals surface area contributed by atoms with Crippen molar-refractivity contribution >= 4 is 17.3 Å². The lowest BCUT2D eigenvalue weighted by atomic mass is 10.1. The van der Waals surface area contributed by atoms with Gasteiger partial charge in [-0.1, -0.05) is 12.8 Å². The molecule has 1 atom stereocenters. The molecule has 0 spiro atoms. The zero-order valence-corrected chi connectivity index (χ0v) is 14.2. The molecule has 1 unspecified atom stereocenters. The minimum Gasteiger partial charge on any atom is -0.494 e. The molecule has 3 rings (SSSR count). The Bertz CT molecular complexity index is 676. The molecule has 8 heteroatoms. The highest BCUT2D eigenvalue weighted by Gasteiger charge is 2.33. The van der Waals surface area contributed by atoms with Gasteiger partial charge in [-0.05, 0) is 19.3 Å². The minimum absolute atomic E-state index is 0.0509. The third-order valence-electron chi connectivity index (χ3n) is 5.03. The zero-order valence-electron chi connectivity index (χ0n) is 14.2. The van der Waals surface area contributed by atoms with E-state index in [9.17, 15) is 19.3 Å². The van der Waals surface area contributed by atoms with Crippen LogP contribution >= 0.6 is 0 Å². The number of nitro groups is 1. The summed E-state index contributed by atoms with van der Waals surface area (Å²) in [6, 6.07) is 2.06. The number of carbonyl (C=O) groups is 1. The van der Waals surface area contributed by atoms with Crippen LogP contribution in [0.15, 0.2) is 12.1 Å². The number of nitrogens with one attached hydrogen (secondary N) is 1. The number of carbonyl (C=O) groups excluding carboxylic acids is 1. The molecule has 1 amide bonds. The second-order valence-electron chi connectivity index (χ2n) is 6.66. The lowest BCUT2D eigenvalue weighted by molar-refractivity contribution is -0.384. The Morgan fingerprint density at radius 1 is 1.36 bits per heavy atom. The highest BCUT2D eigenvalue weighted by molar-refractivity contribution is 5.79. The predicted octanol–water partition coefficient (Wildman–Crippen LogP) is 2.95. The largest absolute Gasteiger partial charge is 0.494 e. The van der Waals surface area contributed by atoms with Crippen LogP contribution in [0.2, 0.25) is 0 Å². The van der Waals surface area contributed by atoms with E-state index in [1.807, 2.05) is 4.90 Å². The van der Waals surface area contributed by atoms with E-state index in [2.05, 4.69) is 5.32 Å². The first-order valence-corrected chi connectivity index (χ1v) is 8.57. The second-order valence-corrected chi connectivity index (χ2v) is 6.66. The van der Waals surface area contributed by atoms with Gasteiger partial charge in [0.2, 0.25) is 5.91 Å². The third-order valence-corrected chi connectivity index (χ3v) is 5.03. The maximum Gasteiger partial charge on any atom is 0.295 e. The number of halogens is 1. The molecule has 7 nitrogen and oxygen atoms in total. The predicted molar refractivity (Wildman–Crippen MR) is 90.2 cm³/mol. The van der Waals surface area contributed by atoms with Crippen LogP contribution in [0.5, 0.6) is 5.75 Å². The Balaban J connectivity index is 1.70. The molecule has 1 N–H and O–H groups in total. The molecule has 0 aromatic heterocycles. The lowest BCUT2D eigenvalue weighted by Gasteiger charge is -2.21. The van der Waals surface area contributed by atoms with Crippen molar-refractivity contribution in [1.29, 1.82) is 0 Å². The maximum atomic E-state index is 13.7. The van der Waals surface area contributed by atoms with Gasteiger partial charge in [0.25, 0.3) is 5.69 Å². The molecule has 0 bridgehead atoms. The fourth-order valence-corrected chi connectivity index (χ4v) is 3.70. The van der Waals surface area contributed by atoms with Crippen molar-refractivity contribution < 1.29 is 18.8 Å². The van der Waals surface area contributed by atoms with Crippen LogP contribution in [0.3, 0.4) is 0 Å². The molecule has 25 heavy (non-hydrogen) atoms. The van der Waals surface area contributed by atoms with Crippen LogP contribution in [0.4, 0.5) is 15.8 Å². The Kier molecular flexibility index (Phi) is 5.06. The molecule has 2 aliphatic rings. The van der Waals surface area contributed by atoms with Gasteiger partial charge < -0.3 is 15.0 Å². The molecule has 1 saturated heterocycles. The van der Waals surface area contributed by atoms with Crippen LogP contribution < -0.4 is 10.1 Å². The summed E-state index contributed by atoms with van der Waals surface area (Å²) in [5.41, 5.74) is -0.123. The number of likely N-dealkylation sites (tertiary alicyclic amines) is 1. The fraction of sp³-hybridized carbons (Fsp3) is 0.588. The SMILES string of the molecule is COc1cc(NC2CCN(C(=O)C3CCCC3)C2)c([N+](=O)[O-])cc1F. The highest BCUT2D eigenvalue weighted by atomic mass is 19.1. The normalized spacial score (nSPS) is 20.7. The molecule has 1 heterocycles. The number of nitrogens with zero attached hydrogens (tertiary/aromatic N) is 2. The molecule has 1 aromatic carbocycles. The van der Waals surface area contributed by atoms with Crippen molar-refractivity contribution in [3.8, 4) is 5.75 Å². The van der Waals surface area contributed by atoms with E-state index >= 15 is 0 Å². The van der Waals surface area contributed by atoms with E-state index in [-0.39, 0.29) is 35.0 Å². The average molecular weight is 351 g/mol. The van der Waals surface area contributed by atoms with Gasteiger partial charge in [0.1, 0.15) is 5.69 Å². The second kappa shape index (κ2) is 7.25. The number of amides is 1. The van der Waals surface area contributed by atoms with Gasteiger partial charge in [0.05, 0.1) is 18.1 Å². The smallest absolute Gasteiger partial charge is 0.295 e. The summed E-state index contributed by atoms with van der Waals surface area (Å²) >= 11 is 0. The van der Waals surface area contributed by atoms with E-state index < -0.39 is 10.7 Å². The molecular formula is C17H22FN3O4. The van der Waals surface area contributed by atoms with Gasteiger partial charge >= 0.3 is 0 Å². The number of hydrogen-bond donors (Lipinski definition) is 1. The van der Waals surface area contributed by atoms with Gasteiger partial charge in [0, 0.05) is 31.1 Å². The molecule has 0 radical (unpaired) electrons. The topological polar surface area (TPSA) is 84.7 Å². The van der Waals surface area contributed by atoms with Gasteiger partial charge in [-0.25, -0.2) is 4.39 Å². The summed E-state index contributed by atoms with van der Waals surface area (Å²) in [7, 11) is 1.31. The zero-order chi connectivity index (χ0) is 18.0. The van der Waals surface area contributed by atoms with E-state index in [1.165, 1.54) is 13.2 Å². The Morgan fingerprint density at radius 2 is 2.08 bits per heavy atom. The molecular weight excluding hydrogens is 329 g/mol. The Morgan fingerprint density at radius 3 is 2.72 bits per heavy atom. The highest BCUT2D eigenvalue weighted by Crippen LogP contribution is 2.33. The monoisotopic (exact) mass is 351 g/mol. The number of methoxy groups -OCH3 is 1. The van der Waals surface area contributed by atoms with Gasteiger partial charge in [0.15, 0.2) is 11.6 Å². The van der Waals surface area contributed by atoms with Crippen molar-refractivity contribution in [1.82, 2.24) is 4.90 Å². The number of ether oxygens (including phenoxy) is 1. The quantitative estimate of drug-likeness (QED) is 0.651. The average Bonchev–Trinajstić information content (AvgIpc) is 3.27. The van der Waals surface area contributed by atoms with Crippen LogP contribution in [0.1, 0.15) is 32.1 Å². The number of anilines is 1. The number of hydrogen-bond acceptors (Lipinski definition) is 5. The number of benzene rings is 1. The van der Waals surface area contributed by atoms with E-state index in [0.29, 0.717) is 19.5 Å². The first-order chi connectivity index (χ1) is 12.0. The third kappa shape index (κ3) is 3.67. The molecule has 1 aromatic rings. The van der Waals surface area contributed by atoms with Gasteiger partial charge in [-0.3, -0.25) is 14.9 Å². The van der Waals surface area contributed by atoms with Crippen molar-refractivity contribution in [2.24, 2.45) is 5.92 Å². The van der Waals surface area contributed by atoms with Gasteiger partial charge in [-0.15, -0.1) is 0 Å². The minimum atomic E-state index is -0.774. The summed E-state index contributed by atoms with van der Waals surface area (Å²) in [6.07, 6.45) is 4.82. The molecule has 1 aliphatic heterocycles. The Hall–Kier alpha value is -2.38. The first kappa shape index (κ1) is 17.4. The summed E-state index contributed by atoms with van der Waals surface area (Å²) < 4.78 is 18.6. The van der Waals surface area contributed by atoms with Crippen LogP contribution in [0, 0.1) is 21.8 Å². The molecule has 1 saturated carbocycles. The van der Waals surface area contributed by atoms with Crippen molar-refractivity contribution in [2.75, 3.05) is 25.5 Å². The van der Waals surface area contributed by atoms with E-state index in [1.54, 1.807) is 0 Å². The van der Waals surface area contributed by atoms with E-state index in [4.69, 9.17) is 4.74 Å². The summed E-state index contributed by atoms with van der Waals surface area (Å²) in [5.74, 6) is -0.513. The summed E-state index contributed by atoms with van der Waals surface area (Å²) in [5, 5.41) is 14.3. The van der Waals surface area contributed by atoms with E-state index in [0.717, 1.165) is 31.7 Å². The van der Waals surface area contributed by atoms with Gasteiger partial charge in [-0.2, -0.15) is 0 Å². The van der Waals surface area contributed by atoms with Crippen LogP contribution in [-0.2, 0) is 4.79 Å². The Labute approximate surface area is 145 Å². The maximum absolute atomic E-state index is 13.7. The molecule has 1 aliphatic carbocycles. The summed E-state index contributed by atoms with van der Waals surface area (Å²) in [6.45, 7) is 1.14. The molecule has 2 fully saturated rings. The van der Waals surface area contributed by atoms with Crippen molar-refractivity contribution in [3.63, 3.8) is 0 Å². The standard InChI is InChI=1S/C17H22FN3O4/c1-25-16-9-14(15(21(23)24)8-13(16)18)19-12-6-7-20(10-12)17(22)11-4-2-3-5-11/h8-9,11-12,19H,2-7,10H2,1H3. The lowest BCUT2D eigenvalue weighted by Crippen LogP contribution is -2.35. The summed E-state index contributed by atoms with van der Waals surface area (Å²) in [4.78, 5) is 24.9. The van der Waals surface area contributed by atoms with Crippen LogP contribution in [0.25, 0.3) is 0 Å². The molecule has 136 valence electrons. The number of rotatable bonds is 5. The van der Waals surface area contributed by atoms with Crippen molar-refractivity contribution in [2.45, 2.75) is 38.1 Å².